The molecule has 2 aromatic rings. The Balaban J connectivity index is 2.29. The van der Waals surface area contributed by atoms with Gasteiger partial charge in [-0.25, -0.2) is 0 Å². The van der Waals surface area contributed by atoms with Crippen molar-refractivity contribution < 1.29 is 0 Å². The molecule has 0 saturated carbocycles. The molecule has 0 aliphatic heterocycles. The Morgan fingerprint density at radius 1 is 0.882 bits per heavy atom. The molecule has 0 aliphatic rings. The maximum atomic E-state index is 2.31. The summed E-state index contributed by atoms with van der Waals surface area (Å²) in [5.41, 5.74) is 5.37. The SMILES string of the molecule is Cc1ccc(-c2cccc(CC(C)C)c2)cc1. The number of aryl methyl sites for hydroxylation is 1. The normalized spacial score (nSPS) is 10.8. The smallest absolute Gasteiger partial charge is 0.0181 e. The summed E-state index contributed by atoms with van der Waals surface area (Å²) in [4.78, 5) is 0. The fourth-order valence-corrected chi connectivity index (χ4v) is 2.10. The van der Waals surface area contributed by atoms with Crippen LogP contribution in [0.15, 0.2) is 48.5 Å². The Morgan fingerprint density at radius 2 is 1.59 bits per heavy atom. The van der Waals surface area contributed by atoms with Crippen LogP contribution in [0, 0.1) is 12.8 Å². The van der Waals surface area contributed by atoms with Crippen molar-refractivity contribution in [1.29, 1.82) is 0 Å². The lowest BCUT2D eigenvalue weighted by Crippen LogP contribution is -1.93. The lowest BCUT2D eigenvalue weighted by atomic mass is 9.97. The lowest BCUT2D eigenvalue weighted by Gasteiger charge is -2.08. The monoisotopic (exact) mass is 224 g/mol. The van der Waals surface area contributed by atoms with Crippen molar-refractivity contribution in [2.45, 2.75) is 27.2 Å². The molecular formula is C17H20. The molecule has 0 unspecified atom stereocenters. The van der Waals surface area contributed by atoms with Crippen LogP contribution >= 0.6 is 0 Å². The summed E-state index contributed by atoms with van der Waals surface area (Å²) in [5, 5.41) is 0. The van der Waals surface area contributed by atoms with E-state index >= 15 is 0 Å². The minimum Gasteiger partial charge on any atom is -0.0625 e. The van der Waals surface area contributed by atoms with Crippen molar-refractivity contribution in [1.82, 2.24) is 0 Å². The highest BCUT2D eigenvalue weighted by Crippen LogP contribution is 2.22. The van der Waals surface area contributed by atoms with Crippen LogP contribution in [0.5, 0.6) is 0 Å². The van der Waals surface area contributed by atoms with E-state index in [-0.39, 0.29) is 0 Å². The molecule has 0 heteroatoms. The maximum absolute atomic E-state index is 2.31. The van der Waals surface area contributed by atoms with Crippen LogP contribution in [0.25, 0.3) is 11.1 Å². The summed E-state index contributed by atoms with van der Waals surface area (Å²) >= 11 is 0. The van der Waals surface area contributed by atoms with Gasteiger partial charge in [0.05, 0.1) is 0 Å². The molecule has 2 aromatic carbocycles. The number of hydrogen-bond donors (Lipinski definition) is 0. The summed E-state index contributed by atoms with van der Waals surface area (Å²) in [6.45, 7) is 6.65. The first-order chi connectivity index (χ1) is 8.15. The number of hydrogen-bond acceptors (Lipinski definition) is 0. The largest absolute Gasteiger partial charge is 0.0625 e. The highest BCUT2D eigenvalue weighted by Gasteiger charge is 2.01. The minimum atomic E-state index is 0.711. The van der Waals surface area contributed by atoms with Gasteiger partial charge in [-0.15, -0.1) is 0 Å². The van der Waals surface area contributed by atoms with Crippen LogP contribution in [0.3, 0.4) is 0 Å². The van der Waals surface area contributed by atoms with Crippen LogP contribution in [0.4, 0.5) is 0 Å². The van der Waals surface area contributed by atoms with Gasteiger partial charge in [-0.3, -0.25) is 0 Å². The Morgan fingerprint density at radius 3 is 2.24 bits per heavy atom. The van der Waals surface area contributed by atoms with Gasteiger partial charge in [0.1, 0.15) is 0 Å². The summed E-state index contributed by atoms with van der Waals surface area (Å²) in [7, 11) is 0. The van der Waals surface area contributed by atoms with Gasteiger partial charge in [-0.1, -0.05) is 67.9 Å². The van der Waals surface area contributed by atoms with E-state index in [1.54, 1.807) is 0 Å². The number of rotatable bonds is 3. The van der Waals surface area contributed by atoms with E-state index in [1.807, 2.05) is 0 Å². The van der Waals surface area contributed by atoms with Gasteiger partial charge in [0.15, 0.2) is 0 Å². The standard InChI is InChI=1S/C17H20/c1-13(2)11-15-5-4-6-17(12-15)16-9-7-14(3)8-10-16/h4-10,12-13H,11H2,1-3H3. The molecule has 0 radical (unpaired) electrons. The fraction of sp³-hybridized carbons (Fsp3) is 0.294. The first-order valence-electron chi connectivity index (χ1n) is 6.31. The zero-order valence-electron chi connectivity index (χ0n) is 10.9. The van der Waals surface area contributed by atoms with Gasteiger partial charge < -0.3 is 0 Å². The predicted molar refractivity (Wildman–Crippen MR) is 75.2 cm³/mol. The predicted octanol–water partition coefficient (Wildman–Crippen LogP) is 4.86. The molecule has 0 atom stereocenters. The van der Waals surface area contributed by atoms with Crippen LogP contribution in [-0.2, 0) is 6.42 Å². The summed E-state index contributed by atoms with van der Waals surface area (Å²) in [6, 6.07) is 17.6. The molecule has 17 heavy (non-hydrogen) atoms. The summed E-state index contributed by atoms with van der Waals surface area (Å²) in [5.74, 6) is 0.711. The minimum absolute atomic E-state index is 0.711. The molecule has 0 aliphatic carbocycles. The van der Waals surface area contributed by atoms with Crippen molar-refractivity contribution in [3.05, 3.63) is 59.7 Å². The highest BCUT2D eigenvalue weighted by molar-refractivity contribution is 5.64. The van der Waals surface area contributed by atoms with Crippen molar-refractivity contribution in [2.75, 3.05) is 0 Å². The summed E-state index contributed by atoms with van der Waals surface area (Å²) < 4.78 is 0. The van der Waals surface area contributed by atoms with E-state index in [2.05, 4.69) is 69.3 Å². The first kappa shape index (κ1) is 11.9. The van der Waals surface area contributed by atoms with Crippen molar-refractivity contribution in [3.8, 4) is 11.1 Å². The van der Waals surface area contributed by atoms with E-state index < -0.39 is 0 Å². The Bertz CT molecular complexity index is 478. The molecule has 0 nitrogen and oxygen atoms in total. The molecule has 0 bridgehead atoms. The molecule has 88 valence electrons. The van der Waals surface area contributed by atoms with Crippen molar-refractivity contribution in [2.24, 2.45) is 5.92 Å². The molecule has 0 saturated heterocycles. The highest BCUT2D eigenvalue weighted by atomic mass is 14.1. The van der Waals surface area contributed by atoms with Gasteiger partial charge in [-0.05, 0) is 36.0 Å². The van der Waals surface area contributed by atoms with E-state index in [0.29, 0.717) is 5.92 Å². The van der Waals surface area contributed by atoms with Gasteiger partial charge in [0.25, 0.3) is 0 Å². The first-order valence-corrected chi connectivity index (χ1v) is 6.31. The van der Waals surface area contributed by atoms with Gasteiger partial charge in [-0.2, -0.15) is 0 Å². The van der Waals surface area contributed by atoms with E-state index in [4.69, 9.17) is 0 Å². The van der Waals surface area contributed by atoms with Crippen LogP contribution in [-0.4, -0.2) is 0 Å². The topological polar surface area (TPSA) is 0 Å². The zero-order chi connectivity index (χ0) is 12.3. The molecule has 0 N–H and O–H groups in total. The van der Waals surface area contributed by atoms with Gasteiger partial charge >= 0.3 is 0 Å². The quantitative estimate of drug-likeness (QED) is 0.698. The van der Waals surface area contributed by atoms with Gasteiger partial charge in [0.2, 0.25) is 0 Å². The molecule has 0 fully saturated rings. The van der Waals surface area contributed by atoms with Crippen LogP contribution in [0.2, 0.25) is 0 Å². The molecule has 0 heterocycles. The van der Waals surface area contributed by atoms with Crippen LogP contribution < -0.4 is 0 Å². The van der Waals surface area contributed by atoms with Gasteiger partial charge in [0, 0.05) is 0 Å². The molecule has 0 spiro atoms. The Kier molecular flexibility index (Phi) is 3.63. The second kappa shape index (κ2) is 5.18. The molecular weight excluding hydrogens is 204 g/mol. The Labute approximate surface area is 104 Å². The van der Waals surface area contributed by atoms with Crippen molar-refractivity contribution in [3.63, 3.8) is 0 Å². The molecule has 0 aromatic heterocycles. The molecule has 0 amide bonds. The zero-order valence-corrected chi connectivity index (χ0v) is 10.9. The average molecular weight is 224 g/mol. The maximum Gasteiger partial charge on any atom is -0.0181 e. The number of benzene rings is 2. The summed E-state index contributed by atoms with van der Waals surface area (Å²) in [6.07, 6.45) is 1.15. The van der Waals surface area contributed by atoms with E-state index in [1.165, 1.54) is 22.3 Å². The Hall–Kier alpha value is -1.56. The van der Waals surface area contributed by atoms with Crippen LogP contribution in [0.1, 0.15) is 25.0 Å². The lowest BCUT2D eigenvalue weighted by molar-refractivity contribution is 0.647. The molecule has 2 rings (SSSR count). The van der Waals surface area contributed by atoms with E-state index in [9.17, 15) is 0 Å². The average Bonchev–Trinajstić information content (AvgIpc) is 2.29. The third kappa shape index (κ3) is 3.20. The third-order valence-corrected chi connectivity index (χ3v) is 2.96. The second-order valence-corrected chi connectivity index (χ2v) is 5.16. The van der Waals surface area contributed by atoms with E-state index in [0.717, 1.165) is 6.42 Å². The third-order valence-electron chi connectivity index (χ3n) is 2.96. The second-order valence-electron chi connectivity index (χ2n) is 5.16. The fourth-order valence-electron chi connectivity index (χ4n) is 2.10. The van der Waals surface area contributed by atoms with Crippen molar-refractivity contribution >= 4 is 0 Å².